The molecule has 0 aromatic heterocycles. The highest BCUT2D eigenvalue weighted by Gasteiger charge is 2.32. The van der Waals surface area contributed by atoms with Gasteiger partial charge < -0.3 is 10.5 Å². The predicted molar refractivity (Wildman–Crippen MR) is 89.5 cm³/mol. The molecule has 21 heavy (non-hydrogen) atoms. The summed E-state index contributed by atoms with van der Waals surface area (Å²) in [6, 6.07) is 6.83. The summed E-state index contributed by atoms with van der Waals surface area (Å²) < 4.78 is 7.27. The smallest absolute Gasteiger partial charge is 0.124 e. The van der Waals surface area contributed by atoms with Crippen molar-refractivity contribution < 1.29 is 4.74 Å². The van der Waals surface area contributed by atoms with Crippen LogP contribution in [0.2, 0.25) is 0 Å². The third-order valence-electron chi connectivity index (χ3n) is 5.00. The molecule has 0 bridgehead atoms. The van der Waals surface area contributed by atoms with Crippen molar-refractivity contribution in [3.63, 3.8) is 0 Å². The molecule has 116 valence electrons. The van der Waals surface area contributed by atoms with Crippen molar-refractivity contribution in [3.8, 4) is 5.75 Å². The van der Waals surface area contributed by atoms with Gasteiger partial charge in [0.1, 0.15) is 5.75 Å². The number of rotatable bonds is 5. The van der Waals surface area contributed by atoms with Gasteiger partial charge in [-0.25, -0.2) is 0 Å². The van der Waals surface area contributed by atoms with E-state index in [1.54, 1.807) is 0 Å². The molecule has 2 fully saturated rings. The summed E-state index contributed by atoms with van der Waals surface area (Å²) in [4.78, 5) is 2.41. The molecule has 4 heteroatoms. The first-order chi connectivity index (χ1) is 10.2. The maximum atomic E-state index is 6.15. The number of halogens is 1. The van der Waals surface area contributed by atoms with Gasteiger partial charge >= 0.3 is 0 Å². The molecular formula is C17H25BrN2O. The van der Waals surface area contributed by atoms with Crippen LogP contribution in [0.5, 0.6) is 5.75 Å². The van der Waals surface area contributed by atoms with Crippen molar-refractivity contribution in [2.24, 2.45) is 17.6 Å². The summed E-state index contributed by atoms with van der Waals surface area (Å²) in [5, 5.41) is 0. The van der Waals surface area contributed by atoms with E-state index in [1.165, 1.54) is 24.8 Å². The van der Waals surface area contributed by atoms with E-state index >= 15 is 0 Å². The summed E-state index contributed by atoms with van der Waals surface area (Å²) in [6.45, 7) is 2.72. The zero-order valence-electron chi connectivity index (χ0n) is 12.7. The number of ether oxygens (including phenoxy) is 1. The van der Waals surface area contributed by atoms with Crippen molar-refractivity contribution in [1.29, 1.82) is 0 Å². The Bertz CT molecular complexity index is 490. The first-order valence-corrected chi connectivity index (χ1v) is 8.79. The normalized spacial score (nSPS) is 26.8. The highest BCUT2D eigenvalue weighted by Crippen LogP contribution is 2.40. The van der Waals surface area contributed by atoms with E-state index < -0.39 is 0 Å². The lowest BCUT2D eigenvalue weighted by atomic mass is 9.86. The molecule has 0 amide bonds. The number of hydrogen-bond donors (Lipinski definition) is 1. The monoisotopic (exact) mass is 352 g/mol. The van der Waals surface area contributed by atoms with Crippen molar-refractivity contribution in [3.05, 3.63) is 28.2 Å². The summed E-state index contributed by atoms with van der Waals surface area (Å²) in [7, 11) is 2.19. The van der Waals surface area contributed by atoms with E-state index in [-0.39, 0.29) is 0 Å². The van der Waals surface area contributed by atoms with Crippen LogP contribution in [0, 0.1) is 11.8 Å². The quantitative estimate of drug-likeness (QED) is 0.879. The van der Waals surface area contributed by atoms with Crippen molar-refractivity contribution >= 4 is 15.9 Å². The first-order valence-electron chi connectivity index (χ1n) is 8.00. The van der Waals surface area contributed by atoms with Crippen LogP contribution in [0.25, 0.3) is 0 Å². The minimum absolute atomic E-state index is 0.424. The minimum Gasteiger partial charge on any atom is -0.493 e. The van der Waals surface area contributed by atoms with Gasteiger partial charge in [0.25, 0.3) is 0 Å². The Hall–Kier alpha value is -0.580. The molecule has 3 nitrogen and oxygen atoms in total. The van der Waals surface area contributed by atoms with E-state index in [0.29, 0.717) is 12.0 Å². The van der Waals surface area contributed by atoms with Crippen LogP contribution in [0.15, 0.2) is 22.7 Å². The van der Waals surface area contributed by atoms with E-state index in [4.69, 9.17) is 10.5 Å². The zero-order valence-corrected chi connectivity index (χ0v) is 14.3. The second kappa shape index (κ2) is 6.67. The molecule has 2 unspecified atom stereocenters. The molecule has 1 aromatic carbocycles. The van der Waals surface area contributed by atoms with Gasteiger partial charge in [-0.2, -0.15) is 0 Å². The lowest BCUT2D eigenvalue weighted by Gasteiger charge is -2.27. The lowest BCUT2D eigenvalue weighted by Crippen LogP contribution is -2.22. The average molecular weight is 353 g/mol. The Labute approximate surface area is 136 Å². The van der Waals surface area contributed by atoms with Crippen LogP contribution in [-0.2, 0) is 0 Å². The molecule has 1 heterocycles. The Balaban J connectivity index is 1.77. The fourth-order valence-electron chi connectivity index (χ4n) is 3.42. The third-order valence-corrected chi connectivity index (χ3v) is 5.49. The van der Waals surface area contributed by atoms with Crippen LogP contribution >= 0.6 is 15.9 Å². The summed E-state index contributed by atoms with van der Waals surface area (Å²) >= 11 is 3.60. The Morgan fingerprint density at radius 2 is 2.14 bits per heavy atom. The molecular weight excluding hydrogens is 328 g/mol. The molecule has 2 aliphatic rings. The van der Waals surface area contributed by atoms with Crippen molar-refractivity contribution in [1.82, 2.24) is 4.90 Å². The van der Waals surface area contributed by atoms with Crippen LogP contribution < -0.4 is 10.5 Å². The molecule has 1 aliphatic carbocycles. The fourth-order valence-corrected chi connectivity index (χ4v) is 3.80. The number of nitrogens with zero attached hydrogens (tertiary/aromatic N) is 1. The van der Waals surface area contributed by atoms with Gasteiger partial charge in [-0.15, -0.1) is 0 Å². The summed E-state index contributed by atoms with van der Waals surface area (Å²) in [5.41, 5.74) is 7.17. The highest BCUT2D eigenvalue weighted by atomic mass is 79.9. The Morgan fingerprint density at radius 1 is 1.33 bits per heavy atom. The minimum atomic E-state index is 0.424. The van der Waals surface area contributed by atoms with Crippen LogP contribution in [0.1, 0.15) is 37.3 Å². The molecule has 2 atom stereocenters. The second-order valence-corrected chi connectivity index (χ2v) is 7.50. The van der Waals surface area contributed by atoms with E-state index in [9.17, 15) is 0 Å². The maximum Gasteiger partial charge on any atom is 0.124 e. The van der Waals surface area contributed by atoms with Gasteiger partial charge in [0.15, 0.2) is 0 Å². The number of hydrogen-bond acceptors (Lipinski definition) is 3. The molecule has 1 aliphatic heterocycles. The van der Waals surface area contributed by atoms with Gasteiger partial charge in [0.2, 0.25) is 0 Å². The molecule has 1 aromatic rings. The molecule has 1 saturated carbocycles. The van der Waals surface area contributed by atoms with E-state index in [0.717, 1.165) is 42.3 Å². The van der Waals surface area contributed by atoms with Gasteiger partial charge in [-0.3, -0.25) is 4.90 Å². The van der Waals surface area contributed by atoms with Gasteiger partial charge in [0.05, 0.1) is 6.61 Å². The van der Waals surface area contributed by atoms with Crippen molar-refractivity contribution in [2.45, 2.75) is 31.7 Å². The van der Waals surface area contributed by atoms with Gasteiger partial charge in [0, 0.05) is 22.6 Å². The molecule has 3 rings (SSSR count). The summed E-state index contributed by atoms with van der Waals surface area (Å²) in [5.74, 6) is 2.41. The molecule has 0 spiro atoms. The van der Waals surface area contributed by atoms with Crippen molar-refractivity contribution in [2.75, 3.05) is 26.7 Å². The maximum absolute atomic E-state index is 6.15. The van der Waals surface area contributed by atoms with Crippen LogP contribution in [-0.4, -0.2) is 31.6 Å². The second-order valence-electron chi connectivity index (χ2n) is 6.58. The first kappa shape index (κ1) is 15.3. The van der Waals surface area contributed by atoms with Gasteiger partial charge in [-0.05, 0) is 62.9 Å². The average Bonchev–Trinajstić information content (AvgIpc) is 2.79. The van der Waals surface area contributed by atoms with E-state index in [1.807, 2.05) is 0 Å². The Morgan fingerprint density at radius 3 is 2.76 bits per heavy atom. The topological polar surface area (TPSA) is 38.5 Å². The van der Waals surface area contributed by atoms with Crippen LogP contribution in [0.4, 0.5) is 0 Å². The predicted octanol–water partition coefficient (Wildman–Crippen LogP) is 3.58. The Kier molecular flexibility index (Phi) is 4.87. The van der Waals surface area contributed by atoms with Crippen LogP contribution in [0.3, 0.4) is 0 Å². The lowest BCUT2D eigenvalue weighted by molar-refractivity contribution is 0.176. The van der Waals surface area contributed by atoms with Gasteiger partial charge in [-0.1, -0.05) is 22.4 Å². The SMILES string of the molecule is CN1CC(CN)CC1c1cc(Br)ccc1OCC1CCC1. The largest absolute Gasteiger partial charge is 0.493 e. The fraction of sp³-hybridized carbons (Fsp3) is 0.647. The number of benzene rings is 1. The molecule has 2 N–H and O–H groups in total. The number of likely N-dealkylation sites (tertiary alicyclic amines) is 1. The summed E-state index contributed by atoms with van der Waals surface area (Å²) in [6.07, 6.45) is 5.14. The van der Waals surface area contributed by atoms with E-state index in [2.05, 4.69) is 46.1 Å². The molecule has 0 radical (unpaired) electrons. The third kappa shape index (κ3) is 3.43. The zero-order chi connectivity index (χ0) is 14.8. The molecule has 1 saturated heterocycles. The number of nitrogens with two attached hydrogens (primary N) is 1. The standard InChI is InChI=1S/C17H25BrN2O/c1-20-10-13(9-19)7-16(20)15-8-14(18)5-6-17(15)21-11-12-3-2-4-12/h5-6,8,12-13,16H,2-4,7,9-11,19H2,1H3. The highest BCUT2D eigenvalue weighted by molar-refractivity contribution is 9.10.